The van der Waals surface area contributed by atoms with Crippen molar-refractivity contribution < 1.29 is 13.2 Å². The Morgan fingerprint density at radius 2 is 1.57 bits per heavy atom. The van der Waals surface area contributed by atoms with Gasteiger partial charge in [-0.2, -0.15) is 4.31 Å². The predicted molar refractivity (Wildman–Crippen MR) is 84.0 cm³/mol. The second kappa shape index (κ2) is 5.54. The molecule has 0 atom stereocenters. The monoisotopic (exact) mass is 331 g/mol. The van der Waals surface area contributed by atoms with E-state index in [0.717, 1.165) is 5.56 Å². The van der Waals surface area contributed by atoms with Crippen LogP contribution in [0.3, 0.4) is 0 Å². The van der Waals surface area contributed by atoms with E-state index < -0.39 is 21.2 Å². The summed E-state index contributed by atoms with van der Waals surface area (Å²) in [4.78, 5) is 0.296. The van der Waals surface area contributed by atoms with Gasteiger partial charge < -0.3 is 4.74 Å². The Labute approximate surface area is 132 Å². The van der Waals surface area contributed by atoms with E-state index in [2.05, 4.69) is 0 Å². The lowest BCUT2D eigenvalue weighted by Crippen LogP contribution is -2.58. The number of halogens is 1. The maximum atomic E-state index is 12.8. The van der Waals surface area contributed by atoms with E-state index in [4.69, 9.17) is 16.3 Å². The summed E-state index contributed by atoms with van der Waals surface area (Å²) in [6, 6.07) is 6.72. The summed E-state index contributed by atoms with van der Waals surface area (Å²) in [5, 5.41) is 0. The first-order chi connectivity index (χ1) is 9.56. The predicted octanol–water partition coefficient (Wildman–Crippen LogP) is 3.00. The number of hydrogen-bond donors (Lipinski definition) is 0. The number of benzene rings is 1. The van der Waals surface area contributed by atoms with Crippen LogP contribution in [0.4, 0.5) is 0 Å². The van der Waals surface area contributed by atoms with Crippen LogP contribution in [-0.2, 0) is 20.6 Å². The standard InChI is InChI=1S/C15H22ClNO3S/c1-14(2)10-17(11-15(3,4)20-14)21(18,19)13-7-5-12(9-16)6-8-13/h5-8H,9-11H2,1-4H3. The number of nitrogens with zero attached hydrogens (tertiary/aromatic N) is 1. The molecule has 0 unspecified atom stereocenters. The molecule has 0 aliphatic carbocycles. The molecule has 6 heteroatoms. The van der Waals surface area contributed by atoms with Gasteiger partial charge in [-0.25, -0.2) is 8.42 Å². The Morgan fingerprint density at radius 1 is 1.10 bits per heavy atom. The minimum Gasteiger partial charge on any atom is -0.367 e. The fraction of sp³-hybridized carbons (Fsp3) is 0.600. The molecule has 0 amide bonds. The molecule has 2 rings (SSSR count). The Bertz CT molecular complexity index is 592. The van der Waals surface area contributed by atoms with Crippen molar-refractivity contribution in [2.75, 3.05) is 13.1 Å². The summed E-state index contributed by atoms with van der Waals surface area (Å²) in [5.41, 5.74) is -0.117. The Morgan fingerprint density at radius 3 is 2.00 bits per heavy atom. The maximum absolute atomic E-state index is 12.8. The number of rotatable bonds is 3. The van der Waals surface area contributed by atoms with Crippen LogP contribution in [0.5, 0.6) is 0 Å². The van der Waals surface area contributed by atoms with Crippen LogP contribution in [0, 0.1) is 0 Å². The molecule has 1 heterocycles. The van der Waals surface area contributed by atoms with E-state index in [0.29, 0.717) is 23.9 Å². The summed E-state index contributed by atoms with van der Waals surface area (Å²) in [7, 11) is -3.52. The van der Waals surface area contributed by atoms with Gasteiger partial charge in [-0.15, -0.1) is 11.6 Å². The Kier molecular flexibility index (Phi) is 4.42. The van der Waals surface area contributed by atoms with Gasteiger partial charge in [-0.05, 0) is 45.4 Å². The molecule has 0 bridgehead atoms. The van der Waals surface area contributed by atoms with Gasteiger partial charge in [0, 0.05) is 19.0 Å². The van der Waals surface area contributed by atoms with Gasteiger partial charge >= 0.3 is 0 Å². The second-order valence-electron chi connectivity index (χ2n) is 6.67. The van der Waals surface area contributed by atoms with Crippen molar-refractivity contribution in [3.05, 3.63) is 29.8 Å². The quantitative estimate of drug-likeness (QED) is 0.800. The molecule has 4 nitrogen and oxygen atoms in total. The Hall–Kier alpha value is -0.620. The van der Waals surface area contributed by atoms with Gasteiger partial charge in [0.25, 0.3) is 0 Å². The normalized spacial score (nSPS) is 22.1. The first-order valence-corrected chi connectivity index (χ1v) is 8.88. The third kappa shape index (κ3) is 3.77. The second-order valence-corrected chi connectivity index (χ2v) is 8.88. The summed E-state index contributed by atoms with van der Waals surface area (Å²) >= 11 is 5.74. The minimum atomic E-state index is -3.52. The van der Waals surface area contributed by atoms with Crippen molar-refractivity contribution in [1.82, 2.24) is 4.31 Å². The lowest BCUT2D eigenvalue weighted by atomic mass is 10.0. The van der Waals surface area contributed by atoms with Crippen LogP contribution >= 0.6 is 11.6 Å². The van der Waals surface area contributed by atoms with Gasteiger partial charge in [0.2, 0.25) is 10.0 Å². The van der Waals surface area contributed by atoms with E-state index in [1.807, 2.05) is 27.7 Å². The SMILES string of the molecule is CC1(C)CN(S(=O)(=O)c2ccc(CCl)cc2)CC(C)(C)O1. The lowest BCUT2D eigenvalue weighted by Gasteiger charge is -2.46. The van der Waals surface area contributed by atoms with Crippen LogP contribution in [0.25, 0.3) is 0 Å². The molecule has 1 aliphatic heterocycles. The average molecular weight is 332 g/mol. The first-order valence-electron chi connectivity index (χ1n) is 6.91. The fourth-order valence-corrected chi connectivity index (χ4v) is 4.71. The molecule has 0 N–H and O–H groups in total. The highest BCUT2D eigenvalue weighted by Crippen LogP contribution is 2.31. The van der Waals surface area contributed by atoms with Crippen molar-refractivity contribution in [2.45, 2.75) is 49.7 Å². The van der Waals surface area contributed by atoms with Gasteiger partial charge in [-0.3, -0.25) is 0 Å². The zero-order valence-corrected chi connectivity index (χ0v) is 14.5. The third-order valence-electron chi connectivity index (χ3n) is 3.38. The molecular formula is C15H22ClNO3S. The molecular weight excluding hydrogens is 310 g/mol. The highest BCUT2D eigenvalue weighted by atomic mass is 35.5. The van der Waals surface area contributed by atoms with E-state index in [1.54, 1.807) is 24.3 Å². The van der Waals surface area contributed by atoms with E-state index in [-0.39, 0.29) is 0 Å². The zero-order chi connectivity index (χ0) is 15.9. The smallest absolute Gasteiger partial charge is 0.243 e. The average Bonchev–Trinajstić information content (AvgIpc) is 2.35. The molecule has 118 valence electrons. The van der Waals surface area contributed by atoms with E-state index in [9.17, 15) is 8.42 Å². The molecule has 21 heavy (non-hydrogen) atoms. The maximum Gasteiger partial charge on any atom is 0.243 e. The zero-order valence-electron chi connectivity index (χ0n) is 12.9. The summed E-state index contributed by atoms with van der Waals surface area (Å²) in [6.45, 7) is 8.33. The van der Waals surface area contributed by atoms with Crippen molar-refractivity contribution in [3.8, 4) is 0 Å². The van der Waals surface area contributed by atoms with Crippen LogP contribution in [0.1, 0.15) is 33.3 Å². The van der Waals surface area contributed by atoms with Crippen molar-refractivity contribution in [1.29, 1.82) is 0 Å². The van der Waals surface area contributed by atoms with Gasteiger partial charge in [-0.1, -0.05) is 12.1 Å². The molecule has 1 aromatic rings. The minimum absolute atomic E-state index is 0.296. The third-order valence-corrected chi connectivity index (χ3v) is 5.50. The van der Waals surface area contributed by atoms with E-state index >= 15 is 0 Å². The number of ether oxygens (including phenoxy) is 1. The molecule has 1 aliphatic rings. The lowest BCUT2D eigenvalue weighted by molar-refractivity contribution is -0.163. The van der Waals surface area contributed by atoms with E-state index in [1.165, 1.54) is 4.31 Å². The number of hydrogen-bond acceptors (Lipinski definition) is 3. The van der Waals surface area contributed by atoms with Crippen molar-refractivity contribution in [2.24, 2.45) is 0 Å². The Balaban J connectivity index is 2.33. The topological polar surface area (TPSA) is 46.6 Å². The van der Waals surface area contributed by atoms with Gasteiger partial charge in [0.05, 0.1) is 16.1 Å². The number of sulfonamides is 1. The van der Waals surface area contributed by atoms with Crippen LogP contribution in [-0.4, -0.2) is 37.0 Å². The van der Waals surface area contributed by atoms with Crippen molar-refractivity contribution >= 4 is 21.6 Å². The fourth-order valence-electron chi connectivity index (χ4n) is 2.79. The summed E-state index contributed by atoms with van der Waals surface area (Å²) < 4.78 is 33.0. The summed E-state index contributed by atoms with van der Waals surface area (Å²) in [5.74, 6) is 0.373. The van der Waals surface area contributed by atoms with Crippen LogP contribution < -0.4 is 0 Å². The molecule has 0 aromatic heterocycles. The molecule has 1 saturated heterocycles. The largest absolute Gasteiger partial charge is 0.367 e. The number of morpholine rings is 1. The van der Waals surface area contributed by atoms with Gasteiger partial charge in [0.1, 0.15) is 0 Å². The van der Waals surface area contributed by atoms with Gasteiger partial charge in [0.15, 0.2) is 0 Å². The molecule has 1 fully saturated rings. The first kappa shape index (κ1) is 16.7. The highest BCUT2D eigenvalue weighted by molar-refractivity contribution is 7.89. The van der Waals surface area contributed by atoms with Crippen molar-refractivity contribution in [3.63, 3.8) is 0 Å². The molecule has 0 spiro atoms. The molecule has 0 radical (unpaired) electrons. The van der Waals surface area contributed by atoms with Crippen LogP contribution in [0.15, 0.2) is 29.2 Å². The molecule has 0 saturated carbocycles. The number of alkyl halides is 1. The highest BCUT2D eigenvalue weighted by Gasteiger charge is 2.43. The summed E-state index contributed by atoms with van der Waals surface area (Å²) in [6.07, 6.45) is 0. The van der Waals surface area contributed by atoms with Crippen LogP contribution in [0.2, 0.25) is 0 Å². The molecule has 1 aromatic carbocycles.